The molecule has 0 aromatic heterocycles. The Balaban J connectivity index is 2.78. The SMILES string of the molecule is CCN(CC(C)(C)CS)c1ccc(C)cc1. The predicted octanol–water partition coefficient (Wildman–Crippen LogP) is 3.78. The second kappa shape index (κ2) is 5.62. The third kappa shape index (κ3) is 3.75. The highest BCUT2D eigenvalue weighted by Gasteiger charge is 2.19. The monoisotopic (exact) mass is 237 g/mol. The molecule has 2 heteroatoms. The molecule has 0 saturated carbocycles. The summed E-state index contributed by atoms with van der Waals surface area (Å²) in [6, 6.07) is 8.75. The molecule has 90 valence electrons. The van der Waals surface area contributed by atoms with Gasteiger partial charge in [0.1, 0.15) is 0 Å². The normalized spacial score (nSPS) is 11.6. The van der Waals surface area contributed by atoms with Gasteiger partial charge < -0.3 is 4.90 Å². The van der Waals surface area contributed by atoms with E-state index in [1.54, 1.807) is 0 Å². The Labute approximate surface area is 105 Å². The van der Waals surface area contributed by atoms with Crippen molar-refractivity contribution in [2.24, 2.45) is 5.41 Å². The van der Waals surface area contributed by atoms with Gasteiger partial charge in [-0.3, -0.25) is 0 Å². The fraction of sp³-hybridized carbons (Fsp3) is 0.571. The molecule has 16 heavy (non-hydrogen) atoms. The molecule has 0 N–H and O–H groups in total. The van der Waals surface area contributed by atoms with Crippen LogP contribution in [0.5, 0.6) is 0 Å². The van der Waals surface area contributed by atoms with Gasteiger partial charge in [0, 0.05) is 18.8 Å². The Hall–Kier alpha value is -0.630. The molecule has 0 unspecified atom stereocenters. The number of thiol groups is 1. The van der Waals surface area contributed by atoms with E-state index in [4.69, 9.17) is 0 Å². The van der Waals surface area contributed by atoms with E-state index < -0.39 is 0 Å². The fourth-order valence-electron chi connectivity index (χ4n) is 1.71. The van der Waals surface area contributed by atoms with Crippen molar-refractivity contribution in [1.82, 2.24) is 0 Å². The van der Waals surface area contributed by atoms with E-state index in [9.17, 15) is 0 Å². The topological polar surface area (TPSA) is 3.24 Å². The molecule has 0 heterocycles. The lowest BCUT2D eigenvalue weighted by Crippen LogP contribution is -2.35. The molecule has 1 aromatic rings. The Kier molecular flexibility index (Phi) is 4.72. The molecule has 1 nitrogen and oxygen atoms in total. The number of benzene rings is 1. The molecule has 1 rings (SSSR count). The summed E-state index contributed by atoms with van der Waals surface area (Å²) in [7, 11) is 0. The first kappa shape index (κ1) is 13.4. The van der Waals surface area contributed by atoms with Crippen LogP contribution in [0, 0.1) is 12.3 Å². The van der Waals surface area contributed by atoms with E-state index in [2.05, 4.69) is 69.5 Å². The maximum atomic E-state index is 4.42. The van der Waals surface area contributed by atoms with Gasteiger partial charge in [-0.2, -0.15) is 12.6 Å². The van der Waals surface area contributed by atoms with Gasteiger partial charge in [0.15, 0.2) is 0 Å². The van der Waals surface area contributed by atoms with Crippen molar-refractivity contribution >= 4 is 18.3 Å². The van der Waals surface area contributed by atoms with E-state index >= 15 is 0 Å². The molecule has 0 fully saturated rings. The van der Waals surface area contributed by atoms with Crippen LogP contribution in [0.1, 0.15) is 26.3 Å². The number of aryl methyl sites for hydroxylation is 1. The van der Waals surface area contributed by atoms with Crippen LogP contribution in [0.2, 0.25) is 0 Å². The van der Waals surface area contributed by atoms with Crippen molar-refractivity contribution in [1.29, 1.82) is 0 Å². The van der Waals surface area contributed by atoms with Gasteiger partial charge in [0.05, 0.1) is 0 Å². The number of hydrogen-bond acceptors (Lipinski definition) is 2. The standard InChI is InChI=1S/C14H23NS/c1-5-15(10-14(3,4)11-16)13-8-6-12(2)7-9-13/h6-9,16H,5,10-11H2,1-4H3. The summed E-state index contributed by atoms with van der Waals surface area (Å²) in [6.07, 6.45) is 0. The molecule has 0 aliphatic heterocycles. The molecule has 0 amide bonds. The zero-order valence-corrected chi connectivity index (χ0v) is 11.7. The highest BCUT2D eigenvalue weighted by molar-refractivity contribution is 7.80. The van der Waals surface area contributed by atoms with Gasteiger partial charge in [-0.25, -0.2) is 0 Å². The van der Waals surface area contributed by atoms with Gasteiger partial charge in [-0.1, -0.05) is 31.5 Å². The molecule has 0 aliphatic rings. The van der Waals surface area contributed by atoms with Crippen LogP contribution in [0.15, 0.2) is 24.3 Å². The zero-order valence-electron chi connectivity index (χ0n) is 10.8. The quantitative estimate of drug-likeness (QED) is 0.763. The summed E-state index contributed by atoms with van der Waals surface area (Å²) >= 11 is 4.42. The molecule has 0 spiro atoms. The third-order valence-corrected chi connectivity index (χ3v) is 3.68. The van der Waals surface area contributed by atoms with Crippen molar-refractivity contribution in [2.75, 3.05) is 23.7 Å². The van der Waals surface area contributed by atoms with Crippen molar-refractivity contribution in [3.05, 3.63) is 29.8 Å². The number of anilines is 1. The summed E-state index contributed by atoms with van der Waals surface area (Å²) in [5, 5.41) is 0. The molecule has 0 aliphatic carbocycles. The lowest BCUT2D eigenvalue weighted by atomic mass is 9.95. The first-order valence-electron chi connectivity index (χ1n) is 5.91. The summed E-state index contributed by atoms with van der Waals surface area (Å²) in [4.78, 5) is 2.41. The Morgan fingerprint density at radius 3 is 2.19 bits per heavy atom. The second-order valence-corrected chi connectivity index (χ2v) is 5.49. The molecule has 0 atom stereocenters. The van der Waals surface area contributed by atoms with E-state index in [1.807, 2.05) is 0 Å². The van der Waals surface area contributed by atoms with Gasteiger partial charge in [0.25, 0.3) is 0 Å². The molecule has 0 radical (unpaired) electrons. The van der Waals surface area contributed by atoms with Crippen LogP contribution < -0.4 is 4.90 Å². The molecule has 0 bridgehead atoms. The van der Waals surface area contributed by atoms with Gasteiger partial charge in [-0.05, 0) is 37.1 Å². The molecule has 1 aromatic carbocycles. The zero-order chi connectivity index (χ0) is 12.2. The highest BCUT2D eigenvalue weighted by Crippen LogP contribution is 2.23. The summed E-state index contributed by atoms with van der Waals surface area (Å²) in [6.45, 7) is 10.9. The average Bonchev–Trinajstić information content (AvgIpc) is 2.27. The van der Waals surface area contributed by atoms with Crippen LogP contribution in [0.4, 0.5) is 5.69 Å². The number of nitrogens with zero attached hydrogens (tertiary/aromatic N) is 1. The lowest BCUT2D eigenvalue weighted by Gasteiger charge is -2.32. The molecular weight excluding hydrogens is 214 g/mol. The van der Waals surface area contributed by atoms with Gasteiger partial charge >= 0.3 is 0 Å². The van der Waals surface area contributed by atoms with Gasteiger partial charge in [-0.15, -0.1) is 0 Å². The lowest BCUT2D eigenvalue weighted by molar-refractivity contribution is 0.423. The van der Waals surface area contributed by atoms with E-state index in [-0.39, 0.29) is 5.41 Å². The summed E-state index contributed by atoms with van der Waals surface area (Å²) in [5.74, 6) is 0.912. The Morgan fingerprint density at radius 2 is 1.75 bits per heavy atom. The van der Waals surface area contributed by atoms with Gasteiger partial charge in [0.2, 0.25) is 0 Å². The van der Waals surface area contributed by atoms with Crippen molar-refractivity contribution in [2.45, 2.75) is 27.7 Å². The van der Waals surface area contributed by atoms with E-state index in [1.165, 1.54) is 11.3 Å². The minimum absolute atomic E-state index is 0.254. The van der Waals surface area contributed by atoms with Crippen LogP contribution in [0.3, 0.4) is 0 Å². The largest absolute Gasteiger partial charge is 0.371 e. The first-order chi connectivity index (χ1) is 7.48. The maximum Gasteiger partial charge on any atom is 0.0366 e. The molecule has 0 saturated heterocycles. The minimum Gasteiger partial charge on any atom is -0.371 e. The fourth-order valence-corrected chi connectivity index (χ4v) is 1.81. The maximum absolute atomic E-state index is 4.42. The van der Waals surface area contributed by atoms with Crippen molar-refractivity contribution in [3.63, 3.8) is 0 Å². The Morgan fingerprint density at radius 1 is 1.19 bits per heavy atom. The predicted molar refractivity (Wildman–Crippen MR) is 76.7 cm³/mol. The van der Waals surface area contributed by atoms with Crippen molar-refractivity contribution in [3.8, 4) is 0 Å². The third-order valence-electron chi connectivity index (χ3n) is 2.83. The van der Waals surface area contributed by atoms with Crippen molar-refractivity contribution < 1.29 is 0 Å². The van der Waals surface area contributed by atoms with E-state index in [0.717, 1.165) is 18.8 Å². The van der Waals surface area contributed by atoms with Crippen LogP contribution in [-0.2, 0) is 0 Å². The van der Waals surface area contributed by atoms with E-state index in [0.29, 0.717) is 0 Å². The summed E-state index contributed by atoms with van der Waals surface area (Å²) in [5.41, 5.74) is 2.88. The number of hydrogen-bond donors (Lipinski definition) is 1. The minimum atomic E-state index is 0.254. The second-order valence-electron chi connectivity index (χ2n) is 5.17. The Bertz CT molecular complexity index is 316. The van der Waals surface area contributed by atoms with Crippen LogP contribution in [-0.4, -0.2) is 18.8 Å². The van der Waals surface area contributed by atoms with Crippen LogP contribution >= 0.6 is 12.6 Å². The van der Waals surface area contributed by atoms with Crippen LogP contribution in [0.25, 0.3) is 0 Å². The first-order valence-corrected chi connectivity index (χ1v) is 6.54. The smallest absolute Gasteiger partial charge is 0.0366 e. The molecular formula is C14H23NS. The summed E-state index contributed by atoms with van der Waals surface area (Å²) < 4.78 is 0. The average molecular weight is 237 g/mol. The highest BCUT2D eigenvalue weighted by atomic mass is 32.1. The number of rotatable bonds is 5.